The summed E-state index contributed by atoms with van der Waals surface area (Å²) < 4.78 is 0. The van der Waals surface area contributed by atoms with Crippen LogP contribution in [-0.4, -0.2) is 46.1 Å². The Bertz CT molecular complexity index is 699. The first kappa shape index (κ1) is 49.1. The Kier molecular flexibility index (Phi) is 40.1. The maximum absolute atomic E-state index is 12.4. The molecule has 0 radical (unpaired) electrons. The van der Waals surface area contributed by atoms with Crippen LogP contribution >= 0.6 is 0 Å². The lowest BCUT2D eigenvalue weighted by Gasteiger charge is -2.26. The Morgan fingerprint density at radius 1 is 0.480 bits per heavy atom. The average Bonchev–Trinajstić information content (AvgIpc) is 3.12. The third-order valence-electron chi connectivity index (χ3n) is 10.6. The molecule has 5 nitrogen and oxygen atoms in total. The summed E-state index contributed by atoms with van der Waals surface area (Å²) in [4.78, 5) is 12.4. The number of hydrogen-bond donors (Lipinski definition) is 4. The summed E-state index contributed by atoms with van der Waals surface area (Å²) in [5.41, 5.74) is 0. The van der Waals surface area contributed by atoms with E-state index in [0.717, 1.165) is 38.5 Å². The smallest absolute Gasteiger partial charge is 0.220 e. The van der Waals surface area contributed by atoms with Crippen molar-refractivity contribution in [3.63, 3.8) is 0 Å². The fraction of sp³-hybridized carbons (Fsp3) is 0.933. The molecule has 298 valence electrons. The van der Waals surface area contributed by atoms with Crippen molar-refractivity contribution in [2.45, 2.75) is 263 Å². The van der Waals surface area contributed by atoms with E-state index in [-0.39, 0.29) is 12.5 Å². The fourth-order valence-electron chi connectivity index (χ4n) is 7.10. The van der Waals surface area contributed by atoms with Crippen LogP contribution in [0.25, 0.3) is 0 Å². The minimum atomic E-state index is -1.15. The number of carbonyl (C=O) groups excluding carboxylic acids is 1. The van der Waals surface area contributed by atoms with Gasteiger partial charge in [-0.05, 0) is 38.5 Å². The molecule has 0 spiro atoms. The first-order chi connectivity index (χ1) is 24.6. The highest BCUT2D eigenvalue weighted by Gasteiger charge is 2.26. The van der Waals surface area contributed by atoms with Gasteiger partial charge in [-0.25, -0.2) is 0 Å². The molecule has 0 aliphatic rings. The topological polar surface area (TPSA) is 89.8 Å². The fourth-order valence-corrected chi connectivity index (χ4v) is 7.10. The number of amides is 1. The highest BCUT2D eigenvalue weighted by Crippen LogP contribution is 2.16. The summed E-state index contributed by atoms with van der Waals surface area (Å²) in [6.07, 6.45) is 47.6. The number of allylic oxidation sites excluding steroid dienone is 2. The average molecular weight is 708 g/mol. The number of aliphatic hydroxyl groups is 3. The van der Waals surface area contributed by atoms with Crippen molar-refractivity contribution < 1.29 is 20.1 Å². The van der Waals surface area contributed by atoms with E-state index in [9.17, 15) is 20.1 Å². The van der Waals surface area contributed by atoms with Gasteiger partial charge in [-0.15, -0.1) is 0 Å². The van der Waals surface area contributed by atoms with Crippen LogP contribution in [0.3, 0.4) is 0 Å². The zero-order valence-corrected chi connectivity index (χ0v) is 33.8. The van der Waals surface area contributed by atoms with Gasteiger partial charge in [0.1, 0.15) is 6.10 Å². The van der Waals surface area contributed by atoms with Crippen LogP contribution in [0.4, 0.5) is 0 Å². The van der Waals surface area contributed by atoms with Crippen molar-refractivity contribution in [1.29, 1.82) is 0 Å². The predicted molar refractivity (Wildman–Crippen MR) is 218 cm³/mol. The molecule has 0 aromatic rings. The largest absolute Gasteiger partial charge is 0.394 e. The van der Waals surface area contributed by atoms with Crippen LogP contribution in [0.2, 0.25) is 0 Å². The summed E-state index contributed by atoms with van der Waals surface area (Å²) in [7, 11) is 0. The summed E-state index contributed by atoms with van der Waals surface area (Å²) in [5.74, 6) is -0.153. The molecule has 0 aliphatic heterocycles. The molecule has 1 amide bonds. The first-order valence-corrected chi connectivity index (χ1v) is 22.5. The zero-order chi connectivity index (χ0) is 36.6. The highest BCUT2D eigenvalue weighted by atomic mass is 16.3. The number of rotatable bonds is 41. The second-order valence-corrected chi connectivity index (χ2v) is 15.6. The van der Waals surface area contributed by atoms with Crippen molar-refractivity contribution in [1.82, 2.24) is 5.32 Å². The van der Waals surface area contributed by atoms with Crippen LogP contribution in [0, 0.1) is 0 Å². The van der Waals surface area contributed by atoms with E-state index in [1.165, 1.54) is 180 Å². The van der Waals surface area contributed by atoms with Crippen LogP contribution in [0.15, 0.2) is 12.2 Å². The van der Waals surface area contributed by atoms with Gasteiger partial charge >= 0.3 is 0 Å². The monoisotopic (exact) mass is 708 g/mol. The summed E-state index contributed by atoms with van der Waals surface area (Å²) in [5, 5.41) is 33.5. The molecule has 5 heteroatoms. The maximum Gasteiger partial charge on any atom is 0.220 e. The minimum absolute atomic E-state index is 0.153. The zero-order valence-electron chi connectivity index (χ0n) is 33.8. The van der Waals surface area contributed by atoms with Gasteiger partial charge < -0.3 is 20.6 Å². The van der Waals surface area contributed by atoms with Gasteiger partial charge in [0.25, 0.3) is 0 Å². The van der Waals surface area contributed by atoms with Crippen molar-refractivity contribution in [2.75, 3.05) is 6.61 Å². The SMILES string of the molecule is CCCCCCCCCCCCCCCCCCCCC/C=C/CCCC(O)C(O)C(CO)NC(=O)CCCCCCCCCCCCCC. The van der Waals surface area contributed by atoms with E-state index in [1.807, 2.05) is 0 Å². The third kappa shape index (κ3) is 35.5. The van der Waals surface area contributed by atoms with Crippen molar-refractivity contribution in [2.24, 2.45) is 0 Å². The molecule has 0 bridgehead atoms. The number of carbonyl (C=O) groups is 1. The molecule has 50 heavy (non-hydrogen) atoms. The molecule has 0 heterocycles. The van der Waals surface area contributed by atoms with Gasteiger partial charge in [0.2, 0.25) is 5.91 Å². The highest BCUT2D eigenvalue weighted by molar-refractivity contribution is 5.76. The Morgan fingerprint density at radius 2 is 0.800 bits per heavy atom. The molecule has 3 unspecified atom stereocenters. The summed E-state index contributed by atoms with van der Waals surface area (Å²) in [6.45, 7) is 4.17. The van der Waals surface area contributed by atoms with Crippen LogP contribution < -0.4 is 5.32 Å². The van der Waals surface area contributed by atoms with E-state index in [1.54, 1.807) is 0 Å². The van der Waals surface area contributed by atoms with Crippen LogP contribution in [-0.2, 0) is 4.79 Å². The number of hydrogen-bond acceptors (Lipinski definition) is 4. The lowest BCUT2D eigenvalue weighted by atomic mass is 10.0. The normalized spacial score (nSPS) is 13.6. The molecular formula is C45H89NO4. The second-order valence-electron chi connectivity index (χ2n) is 15.6. The molecule has 0 rings (SSSR count). The van der Waals surface area contributed by atoms with Gasteiger partial charge in [0.05, 0.1) is 18.8 Å². The van der Waals surface area contributed by atoms with Gasteiger partial charge in [-0.3, -0.25) is 4.79 Å². The summed E-state index contributed by atoms with van der Waals surface area (Å²) in [6, 6.07) is -0.820. The van der Waals surface area contributed by atoms with E-state index in [2.05, 4.69) is 31.3 Å². The van der Waals surface area contributed by atoms with E-state index in [0.29, 0.717) is 12.8 Å². The van der Waals surface area contributed by atoms with Gasteiger partial charge in [0, 0.05) is 6.42 Å². The molecule has 0 aliphatic carbocycles. The predicted octanol–water partition coefficient (Wildman–Crippen LogP) is 12.8. The quantitative estimate of drug-likeness (QED) is 0.0376. The Hall–Kier alpha value is -0.910. The molecular weight excluding hydrogens is 618 g/mol. The number of aliphatic hydroxyl groups excluding tert-OH is 3. The third-order valence-corrected chi connectivity index (χ3v) is 10.6. The maximum atomic E-state index is 12.4. The standard InChI is InChI=1S/C45H89NO4/c1-3-5-7-9-11-13-15-17-18-19-20-21-22-23-24-25-26-27-28-29-31-33-35-37-39-43(48)45(50)42(41-47)46-44(49)40-38-36-34-32-30-16-14-12-10-8-6-4-2/h31,33,42-43,45,47-48,50H,3-30,32,34-41H2,1-2H3,(H,46,49)/b33-31+. The molecule has 0 saturated heterocycles. The van der Waals surface area contributed by atoms with Crippen molar-refractivity contribution >= 4 is 5.91 Å². The lowest BCUT2D eigenvalue weighted by Crippen LogP contribution is -2.50. The molecule has 4 N–H and O–H groups in total. The van der Waals surface area contributed by atoms with Crippen molar-refractivity contribution in [3.05, 3.63) is 12.2 Å². The van der Waals surface area contributed by atoms with Gasteiger partial charge in [-0.2, -0.15) is 0 Å². The first-order valence-electron chi connectivity index (χ1n) is 22.5. The minimum Gasteiger partial charge on any atom is -0.394 e. The van der Waals surface area contributed by atoms with Crippen molar-refractivity contribution in [3.8, 4) is 0 Å². The number of nitrogens with one attached hydrogen (secondary N) is 1. The Balaban J connectivity index is 3.59. The molecule has 3 atom stereocenters. The Morgan fingerprint density at radius 3 is 1.16 bits per heavy atom. The van der Waals surface area contributed by atoms with E-state index < -0.39 is 18.2 Å². The second kappa shape index (κ2) is 40.9. The van der Waals surface area contributed by atoms with E-state index >= 15 is 0 Å². The lowest BCUT2D eigenvalue weighted by molar-refractivity contribution is -0.124. The molecule has 0 aromatic heterocycles. The van der Waals surface area contributed by atoms with Crippen LogP contribution in [0.5, 0.6) is 0 Å². The van der Waals surface area contributed by atoms with Crippen LogP contribution in [0.1, 0.15) is 245 Å². The Labute approximate surface area is 312 Å². The van der Waals surface area contributed by atoms with Gasteiger partial charge in [0.15, 0.2) is 0 Å². The molecule has 0 aromatic carbocycles. The molecule has 0 fully saturated rings. The summed E-state index contributed by atoms with van der Waals surface area (Å²) >= 11 is 0. The van der Waals surface area contributed by atoms with Gasteiger partial charge in [-0.1, -0.05) is 212 Å². The van der Waals surface area contributed by atoms with E-state index in [4.69, 9.17) is 0 Å². The number of unbranched alkanes of at least 4 members (excludes halogenated alkanes) is 31. The molecule has 0 saturated carbocycles.